The first kappa shape index (κ1) is 22.4. The van der Waals surface area contributed by atoms with Crippen molar-refractivity contribution >= 4 is 34.8 Å². The number of aliphatic hydroxyl groups excluding tert-OH is 1. The van der Waals surface area contributed by atoms with Gasteiger partial charge in [-0.25, -0.2) is 0 Å². The van der Waals surface area contributed by atoms with Gasteiger partial charge in [-0.2, -0.15) is 5.26 Å². The quantitative estimate of drug-likeness (QED) is 0.726. The molecule has 1 amide bonds. The molecule has 2 aromatic rings. The molecular weight excluding hydrogens is 421 g/mol. The van der Waals surface area contributed by atoms with Crippen molar-refractivity contribution in [1.82, 2.24) is 4.90 Å². The molecule has 0 unspecified atom stereocenters. The second kappa shape index (κ2) is 9.70. The maximum atomic E-state index is 12.8. The van der Waals surface area contributed by atoms with Gasteiger partial charge in [0.25, 0.3) is 5.91 Å². The minimum atomic E-state index is -0.999. The van der Waals surface area contributed by atoms with Gasteiger partial charge >= 0.3 is 0 Å². The molecule has 0 spiro atoms. The van der Waals surface area contributed by atoms with Gasteiger partial charge in [0.1, 0.15) is 6.10 Å². The van der Waals surface area contributed by atoms with Crippen LogP contribution in [0.3, 0.4) is 0 Å². The van der Waals surface area contributed by atoms with Gasteiger partial charge < -0.3 is 14.9 Å². The van der Waals surface area contributed by atoms with E-state index in [0.717, 1.165) is 11.3 Å². The van der Waals surface area contributed by atoms with Crippen molar-refractivity contribution in [2.24, 2.45) is 5.92 Å². The summed E-state index contributed by atoms with van der Waals surface area (Å²) in [7, 11) is 0. The normalized spacial score (nSPS) is 17.7. The summed E-state index contributed by atoms with van der Waals surface area (Å²) in [5.41, 5.74) is 2.30. The summed E-state index contributed by atoms with van der Waals surface area (Å²) in [4.78, 5) is 16.7. The Labute approximate surface area is 187 Å². The summed E-state index contributed by atoms with van der Waals surface area (Å²) < 4.78 is 0. The molecule has 1 saturated heterocycles. The van der Waals surface area contributed by atoms with E-state index < -0.39 is 6.10 Å². The first-order chi connectivity index (χ1) is 14.3. The third-order valence-corrected chi connectivity index (χ3v) is 5.87. The molecule has 1 aliphatic rings. The maximum Gasteiger partial charge on any atom is 0.251 e. The highest BCUT2D eigenvalue weighted by atomic mass is 35.5. The zero-order chi connectivity index (χ0) is 21.8. The molecule has 1 N–H and O–H groups in total. The molecule has 7 heteroatoms. The monoisotopic (exact) mass is 445 g/mol. The molecule has 3 rings (SSSR count). The Morgan fingerprint density at radius 2 is 1.90 bits per heavy atom. The highest BCUT2D eigenvalue weighted by Gasteiger charge is 2.34. The maximum absolute atomic E-state index is 12.8. The number of halogens is 2. The molecule has 1 fully saturated rings. The lowest BCUT2D eigenvalue weighted by Gasteiger charge is -2.44. The fourth-order valence-corrected chi connectivity index (χ4v) is 4.22. The van der Waals surface area contributed by atoms with Gasteiger partial charge in [-0.15, -0.1) is 0 Å². The van der Waals surface area contributed by atoms with Crippen LogP contribution in [0.5, 0.6) is 0 Å². The molecule has 2 atom stereocenters. The third kappa shape index (κ3) is 5.07. The van der Waals surface area contributed by atoms with Crippen LogP contribution in [-0.2, 0) is 4.79 Å². The number of piperazine rings is 1. The summed E-state index contributed by atoms with van der Waals surface area (Å²) in [6.07, 6.45) is -0.563. The summed E-state index contributed by atoms with van der Waals surface area (Å²) in [6.45, 7) is 5.43. The zero-order valence-corrected chi connectivity index (χ0v) is 18.6. The smallest absolute Gasteiger partial charge is 0.251 e. The molecule has 0 aliphatic carbocycles. The van der Waals surface area contributed by atoms with E-state index >= 15 is 0 Å². The van der Waals surface area contributed by atoms with Crippen molar-refractivity contribution in [3.05, 3.63) is 63.6 Å². The van der Waals surface area contributed by atoms with Crippen LogP contribution >= 0.6 is 23.2 Å². The Morgan fingerprint density at radius 1 is 1.20 bits per heavy atom. The number of aliphatic hydroxyl groups is 1. The Balaban J connectivity index is 1.91. The minimum Gasteiger partial charge on any atom is -0.383 e. The van der Waals surface area contributed by atoms with E-state index in [1.807, 2.05) is 44.2 Å². The topological polar surface area (TPSA) is 67.6 Å². The Hall–Kier alpha value is -2.26. The lowest BCUT2D eigenvalue weighted by molar-refractivity contribution is -0.141. The van der Waals surface area contributed by atoms with E-state index in [4.69, 9.17) is 28.5 Å². The number of hydrogen-bond acceptors (Lipinski definition) is 4. The predicted molar refractivity (Wildman–Crippen MR) is 120 cm³/mol. The molecule has 1 aliphatic heterocycles. The number of carbonyl (C=O) groups is 1. The van der Waals surface area contributed by atoms with Crippen LogP contribution in [0, 0.1) is 17.2 Å². The molecule has 0 radical (unpaired) electrons. The molecule has 0 bridgehead atoms. The number of nitriles is 1. The standard InChI is InChI=1S/C23H25Cl2N3O2/c1-15(2)11-22(29)23(30)27-9-10-28(20-8-3-16(13-26)12-19(20)25)21(14-27)17-4-6-18(24)7-5-17/h3-8,12,15,21-22,29H,9-11,14H2,1-2H3/t21-,22-/m0/s1. The molecule has 158 valence electrons. The van der Waals surface area contributed by atoms with Crippen LogP contribution in [0.15, 0.2) is 42.5 Å². The van der Waals surface area contributed by atoms with Gasteiger partial charge in [0.05, 0.1) is 28.4 Å². The van der Waals surface area contributed by atoms with Crippen molar-refractivity contribution in [2.75, 3.05) is 24.5 Å². The van der Waals surface area contributed by atoms with Crippen LogP contribution < -0.4 is 4.90 Å². The second-order valence-electron chi connectivity index (χ2n) is 7.97. The van der Waals surface area contributed by atoms with Crippen molar-refractivity contribution in [1.29, 1.82) is 5.26 Å². The fraction of sp³-hybridized carbons (Fsp3) is 0.391. The second-order valence-corrected chi connectivity index (χ2v) is 8.81. The van der Waals surface area contributed by atoms with Gasteiger partial charge in [0.2, 0.25) is 0 Å². The SMILES string of the molecule is CC(C)C[C@H](O)C(=O)N1CCN(c2ccc(C#N)cc2Cl)[C@H](c2ccc(Cl)cc2)C1. The molecule has 30 heavy (non-hydrogen) atoms. The number of carbonyl (C=O) groups excluding carboxylic acids is 1. The zero-order valence-electron chi connectivity index (χ0n) is 17.1. The molecule has 0 aromatic heterocycles. The van der Waals surface area contributed by atoms with Crippen molar-refractivity contribution < 1.29 is 9.90 Å². The van der Waals surface area contributed by atoms with Gasteiger partial charge in [0, 0.05) is 24.7 Å². The van der Waals surface area contributed by atoms with Crippen LogP contribution in [0.2, 0.25) is 10.0 Å². The summed E-state index contributed by atoms with van der Waals surface area (Å²) >= 11 is 12.6. The summed E-state index contributed by atoms with van der Waals surface area (Å²) in [6, 6.07) is 14.7. The van der Waals surface area contributed by atoms with Crippen LogP contribution in [0.25, 0.3) is 0 Å². The van der Waals surface area contributed by atoms with Gasteiger partial charge in [-0.3, -0.25) is 4.79 Å². The largest absolute Gasteiger partial charge is 0.383 e. The van der Waals surface area contributed by atoms with Gasteiger partial charge in [-0.05, 0) is 48.2 Å². The number of hydrogen-bond donors (Lipinski definition) is 1. The fourth-order valence-electron chi connectivity index (χ4n) is 3.81. The summed E-state index contributed by atoms with van der Waals surface area (Å²) in [5.74, 6) is -0.0111. The third-order valence-electron chi connectivity index (χ3n) is 5.31. The summed E-state index contributed by atoms with van der Waals surface area (Å²) in [5, 5.41) is 20.6. The van der Waals surface area contributed by atoms with Gasteiger partial charge in [-0.1, -0.05) is 49.2 Å². The van der Waals surface area contributed by atoms with Gasteiger partial charge in [0.15, 0.2) is 0 Å². The predicted octanol–water partition coefficient (Wildman–Crippen LogP) is 4.66. The van der Waals surface area contributed by atoms with E-state index in [1.54, 1.807) is 17.0 Å². The molecule has 0 saturated carbocycles. The Morgan fingerprint density at radius 3 is 2.50 bits per heavy atom. The van der Waals surface area contributed by atoms with Crippen LogP contribution in [0.4, 0.5) is 5.69 Å². The number of anilines is 1. The first-order valence-electron chi connectivity index (χ1n) is 9.98. The lowest BCUT2D eigenvalue weighted by Crippen LogP contribution is -2.53. The Kier molecular flexibility index (Phi) is 7.25. The van der Waals surface area contributed by atoms with E-state index in [0.29, 0.717) is 41.7 Å². The number of nitrogens with zero attached hydrogens (tertiary/aromatic N) is 3. The molecule has 1 heterocycles. The average molecular weight is 446 g/mol. The van der Waals surface area contributed by atoms with Crippen molar-refractivity contribution in [3.8, 4) is 6.07 Å². The number of rotatable bonds is 5. The van der Waals surface area contributed by atoms with E-state index in [-0.39, 0.29) is 17.9 Å². The Bertz CT molecular complexity index is 940. The van der Waals surface area contributed by atoms with E-state index in [1.165, 1.54) is 0 Å². The lowest BCUT2D eigenvalue weighted by atomic mass is 9.99. The number of benzene rings is 2. The molecule has 5 nitrogen and oxygen atoms in total. The first-order valence-corrected chi connectivity index (χ1v) is 10.7. The highest BCUT2D eigenvalue weighted by Crippen LogP contribution is 2.36. The van der Waals surface area contributed by atoms with Crippen LogP contribution in [0.1, 0.15) is 37.4 Å². The van der Waals surface area contributed by atoms with Crippen molar-refractivity contribution in [2.45, 2.75) is 32.4 Å². The van der Waals surface area contributed by atoms with E-state index in [2.05, 4.69) is 11.0 Å². The minimum absolute atomic E-state index is 0.156. The highest BCUT2D eigenvalue weighted by molar-refractivity contribution is 6.33. The van der Waals surface area contributed by atoms with E-state index in [9.17, 15) is 9.90 Å². The van der Waals surface area contributed by atoms with Crippen molar-refractivity contribution in [3.63, 3.8) is 0 Å². The molecular formula is C23H25Cl2N3O2. The van der Waals surface area contributed by atoms with Crippen LogP contribution in [-0.4, -0.2) is 41.7 Å². The molecule has 2 aromatic carbocycles. The number of amides is 1. The average Bonchev–Trinajstić information content (AvgIpc) is 2.73.